The summed E-state index contributed by atoms with van der Waals surface area (Å²) in [4.78, 5) is 99.3. The minimum absolute atomic E-state index is 0.248. The predicted molar refractivity (Wildman–Crippen MR) is 135 cm³/mol. The second-order valence-corrected chi connectivity index (χ2v) is 8.10. The lowest BCUT2D eigenvalue weighted by Gasteiger charge is -2.14. The third kappa shape index (κ3) is 7.08. The van der Waals surface area contributed by atoms with E-state index >= 15 is 0 Å². The molecule has 0 unspecified atom stereocenters. The van der Waals surface area contributed by atoms with Gasteiger partial charge in [-0.1, -0.05) is 6.08 Å². The first-order chi connectivity index (χ1) is 19.0. The van der Waals surface area contributed by atoms with E-state index in [1.807, 2.05) is 0 Å². The quantitative estimate of drug-likeness (QED) is 0.152. The summed E-state index contributed by atoms with van der Waals surface area (Å²) in [7, 11) is 1.13. The second-order valence-electron chi connectivity index (χ2n) is 8.10. The van der Waals surface area contributed by atoms with Crippen LogP contribution in [0.15, 0.2) is 41.4 Å². The van der Waals surface area contributed by atoms with Crippen molar-refractivity contribution < 1.29 is 29.3 Å². The topological polar surface area (TPSA) is 225 Å². The number of nitrogens with zero attached hydrogens (tertiary/aromatic N) is 6. The molecular formula is C22H30N6O12. The lowest BCUT2D eigenvalue weighted by atomic mass is 10.4. The van der Waals surface area contributed by atoms with Gasteiger partial charge in [-0.25, -0.2) is 56.2 Å². The smallest absolute Gasteiger partial charge is 0.336 e. The van der Waals surface area contributed by atoms with Gasteiger partial charge in [-0.2, -0.15) is 0 Å². The average Bonchev–Trinajstić information content (AvgIpc) is 2.93. The number of ether oxygens (including phenoxy) is 2. The number of aliphatic hydroxyl groups is 2. The normalized spacial score (nSPS) is 10.9. The van der Waals surface area contributed by atoms with Gasteiger partial charge in [-0.3, -0.25) is 9.59 Å². The lowest BCUT2D eigenvalue weighted by Crippen LogP contribution is -2.55. The summed E-state index contributed by atoms with van der Waals surface area (Å²) in [5.74, 6) is -1.63. The molecule has 0 spiro atoms. The first kappa shape index (κ1) is 31.6. The first-order valence-corrected chi connectivity index (χ1v) is 12.0. The summed E-state index contributed by atoms with van der Waals surface area (Å²) in [5, 5.41) is 18.3. The molecule has 2 aromatic heterocycles. The van der Waals surface area contributed by atoms with Gasteiger partial charge in [0.1, 0.15) is 6.61 Å². The molecular weight excluding hydrogens is 540 g/mol. The van der Waals surface area contributed by atoms with Gasteiger partial charge < -0.3 is 19.7 Å². The summed E-state index contributed by atoms with van der Waals surface area (Å²) in [6.45, 7) is -0.659. The molecule has 2 rings (SSSR count). The van der Waals surface area contributed by atoms with Gasteiger partial charge in [-0.15, -0.1) is 6.58 Å². The Labute approximate surface area is 223 Å². The average molecular weight is 571 g/mol. The number of rotatable bonds is 15. The summed E-state index contributed by atoms with van der Waals surface area (Å²) in [6.07, 6.45) is 0.397. The lowest BCUT2D eigenvalue weighted by molar-refractivity contribution is -0.144. The molecule has 0 amide bonds. The van der Waals surface area contributed by atoms with Crippen molar-refractivity contribution in [2.45, 2.75) is 52.1 Å². The highest BCUT2D eigenvalue weighted by molar-refractivity contribution is 5.69. The van der Waals surface area contributed by atoms with Crippen LogP contribution in [0.2, 0.25) is 0 Å². The van der Waals surface area contributed by atoms with Crippen LogP contribution in [0.4, 0.5) is 0 Å². The molecule has 0 aliphatic rings. The highest BCUT2D eigenvalue weighted by Gasteiger charge is 2.18. The van der Waals surface area contributed by atoms with Crippen molar-refractivity contribution in [3.8, 4) is 0 Å². The number of methoxy groups -OCH3 is 1. The molecule has 0 saturated heterocycles. The number of aromatic nitrogens is 6. The van der Waals surface area contributed by atoms with E-state index in [1.54, 1.807) is 0 Å². The Balaban J connectivity index is 2.23. The van der Waals surface area contributed by atoms with E-state index in [0.717, 1.165) is 7.11 Å². The third-order valence-electron chi connectivity index (χ3n) is 5.61. The highest BCUT2D eigenvalue weighted by atomic mass is 16.5. The second kappa shape index (κ2) is 14.5. The Bertz CT molecular complexity index is 1560. The molecule has 0 aliphatic carbocycles. The monoisotopic (exact) mass is 570 g/mol. The van der Waals surface area contributed by atoms with Crippen LogP contribution in [0.5, 0.6) is 0 Å². The largest absolute Gasteiger partial charge is 0.469 e. The van der Waals surface area contributed by atoms with Gasteiger partial charge in [0.2, 0.25) is 0 Å². The number of esters is 2. The molecule has 0 radical (unpaired) electrons. The van der Waals surface area contributed by atoms with Crippen LogP contribution >= 0.6 is 0 Å². The fourth-order valence-electron chi connectivity index (χ4n) is 3.64. The molecule has 18 nitrogen and oxygen atoms in total. The summed E-state index contributed by atoms with van der Waals surface area (Å²) in [5.41, 5.74) is -6.19. The number of carbonyl (C=O) groups is 2. The summed E-state index contributed by atoms with van der Waals surface area (Å²) < 4.78 is 13.3. The van der Waals surface area contributed by atoms with Gasteiger partial charge in [0.25, 0.3) is 0 Å². The van der Waals surface area contributed by atoms with Crippen molar-refractivity contribution in [1.82, 2.24) is 27.4 Å². The van der Waals surface area contributed by atoms with E-state index < -0.39 is 98.5 Å². The van der Waals surface area contributed by atoms with Gasteiger partial charge in [-0.05, 0) is 0 Å². The number of allylic oxidation sites excluding steroid dienone is 1. The molecule has 0 aliphatic heterocycles. The fraction of sp³-hybridized carbons (Fsp3) is 0.545. The molecule has 2 heterocycles. The third-order valence-corrected chi connectivity index (χ3v) is 5.61. The molecule has 0 atom stereocenters. The Morgan fingerprint density at radius 2 is 1.02 bits per heavy atom. The molecule has 0 aromatic carbocycles. The van der Waals surface area contributed by atoms with Crippen LogP contribution in [0.3, 0.4) is 0 Å². The zero-order valence-electron chi connectivity index (χ0n) is 21.7. The van der Waals surface area contributed by atoms with Crippen molar-refractivity contribution in [3.05, 3.63) is 75.6 Å². The minimum atomic E-state index is -1.06. The van der Waals surface area contributed by atoms with Crippen molar-refractivity contribution in [2.75, 3.05) is 26.9 Å². The van der Waals surface area contributed by atoms with Gasteiger partial charge in [0.05, 0.1) is 59.3 Å². The van der Waals surface area contributed by atoms with Crippen molar-refractivity contribution in [3.63, 3.8) is 0 Å². The molecule has 2 aromatic rings. The molecule has 18 heteroatoms. The van der Waals surface area contributed by atoms with Gasteiger partial charge in [0, 0.05) is 13.1 Å². The molecule has 220 valence electrons. The molecule has 2 N–H and O–H groups in total. The number of hydrogen-bond donors (Lipinski definition) is 2. The Morgan fingerprint density at radius 1 is 0.650 bits per heavy atom. The van der Waals surface area contributed by atoms with E-state index in [-0.39, 0.29) is 19.5 Å². The molecule has 0 bridgehead atoms. The maximum atomic E-state index is 12.8. The summed E-state index contributed by atoms with van der Waals surface area (Å²) in [6, 6.07) is 0. The van der Waals surface area contributed by atoms with Crippen molar-refractivity contribution in [1.29, 1.82) is 0 Å². The SMILES string of the molecule is C=CCn1c(=O)n(CCC(=O)OC)c(=O)n(CCC(=O)OCCn2c(=O)n(CCO)c(=O)n(CCO)c2=O)c1=O. The zero-order valence-corrected chi connectivity index (χ0v) is 21.7. The van der Waals surface area contributed by atoms with E-state index in [2.05, 4.69) is 11.3 Å². The van der Waals surface area contributed by atoms with Crippen molar-refractivity contribution in [2.24, 2.45) is 0 Å². The molecule has 0 fully saturated rings. The fourth-order valence-corrected chi connectivity index (χ4v) is 3.64. The Kier molecular flexibility index (Phi) is 11.5. The maximum Gasteiger partial charge on any atom is 0.336 e. The van der Waals surface area contributed by atoms with Gasteiger partial charge >= 0.3 is 46.1 Å². The maximum absolute atomic E-state index is 12.8. The van der Waals surface area contributed by atoms with Crippen LogP contribution in [0.25, 0.3) is 0 Å². The number of carbonyl (C=O) groups excluding carboxylic acids is 2. The van der Waals surface area contributed by atoms with E-state index in [1.165, 1.54) is 6.08 Å². The summed E-state index contributed by atoms with van der Waals surface area (Å²) >= 11 is 0. The Morgan fingerprint density at radius 3 is 1.43 bits per heavy atom. The molecule has 0 saturated carbocycles. The predicted octanol–water partition coefficient (Wildman–Crippen LogP) is -4.98. The highest BCUT2D eigenvalue weighted by Crippen LogP contribution is 1.92. The van der Waals surface area contributed by atoms with Crippen LogP contribution in [-0.4, -0.2) is 76.5 Å². The van der Waals surface area contributed by atoms with E-state index in [4.69, 9.17) is 14.9 Å². The van der Waals surface area contributed by atoms with Crippen LogP contribution in [0, 0.1) is 0 Å². The number of hydrogen-bond acceptors (Lipinski definition) is 12. The van der Waals surface area contributed by atoms with E-state index in [9.17, 15) is 38.4 Å². The zero-order chi connectivity index (χ0) is 30.0. The Hall–Kier alpha value is -4.58. The number of aliphatic hydroxyl groups excluding tert-OH is 2. The first-order valence-electron chi connectivity index (χ1n) is 12.0. The standard InChI is InChI=1S/C22H30N6O12/c1-3-6-23-17(33)24(7-4-15(31)39-2)19(35)25(18(23)34)8-5-16(32)40-14-11-28-21(37)26(9-12-29)20(36)27(10-13-30)22(28)38/h3,29-30H,1,4-14H2,2H3. The minimum Gasteiger partial charge on any atom is -0.469 e. The van der Waals surface area contributed by atoms with Crippen molar-refractivity contribution >= 4 is 11.9 Å². The van der Waals surface area contributed by atoms with Crippen LogP contribution in [0.1, 0.15) is 12.8 Å². The molecule has 40 heavy (non-hydrogen) atoms. The van der Waals surface area contributed by atoms with Gasteiger partial charge in [0.15, 0.2) is 0 Å². The van der Waals surface area contributed by atoms with E-state index in [0.29, 0.717) is 27.4 Å². The van der Waals surface area contributed by atoms with Crippen LogP contribution in [-0.2, 0) is 58.3 Å². The van der Waals surface area contributed by atoms with Crippen LogP contribution < -0.4 is 34.1 Å².